The van der Waals surface area contributed by atoms with Crippen LogP contribution >= 0.6 is 0 Å². The first-order chi connectivity index (χ1) is 9.54. The number of nitrogens with zero attached hydrogens (tertiary/aromatic N) is 2. The number of rotatable bonds is 6. The lowest BCUT2D eigenvalue weighted by Gasteiger charge is -2.21. The van der Waals surface area contributed by atoms with Gasteiger partial charge < -0.3 is 14.6 Å². The zero-order valence-electron chi connectivity index (χ0n) is 12.5. The third-order valence-corrected chi connectivity index (χ3v) is 2.95. The van der Waals surface area contributed by atoms with Gasteiger partial charge in [0, 0.05) is 30.0 Å². The molecule has 2 aromatic rings. The molecule has 0 aliphatic carbocycles. The minimum atomic E-state index is 0.101. The van der Waals surface area contributed by atoms with Gasteiger partial charge in [-0.1, -0.05) is 18.2 Å². The smallest absolute Gasteiger partial charge is 0.123 e. The molecule has 4 heteroatoms. The molecule has 0 atom stereocenters. The fourth-order valence-electron chi connectivity index (χ4n) is 1.83. The number of hydrogen-bond donors (Lipinski definition) is 1. The van der Waals surface area contributed by atoms with E-state index in [0.717, 1.165) is 18.8 Å². The molecule has 1 aromatic heterocycles. The van der Waals surface area contributed by atoms with Crippen LogP contribution in [-0.4, -0.2) is 21.7 Å². The topological polar surface area (TPSA) is 39.1 Å². The fraction of sp³-hybridized carbons (Fsp3) is 0.438. The lowest BCUT2D eigenvalue weighted by atomic mass is 10.1. The molecular formula is C16H23N3O. The average Bonchev–Trinajstić information content (AvgIpc) is 2.90. The van der Waals surface area contributed by atoms with E-state index in [9.17, 15) is 0 Å². The van der Waals surface area contributed by atoms with Crippen LogP contribution in [-0.2, 0) is 13.1 Å². The van der Waals surface area contributed by atoms with Crippen molar-refractivity contribution in [3.8, 4) is 5.75 Å². The SMILES string of the molecule is CC(C)(C)NCc1ccccc1OCCn1ccnc1. The first kappa shape index (κ1) is 14.6. The Bertz CT molecular complexity index is 515. The van der Waals surface area contributed by atoms with Crippen LogP contribution in [0.5, 0.6) is 5.75 Å². The molecule has 0 unspecified atom stereocenters. The summed E-state index contributed by atoms with van der Waals surface area (Å²) < 4.78 is 7.90. The van der Waals surface area contributed by atoms with Crippen molar-refractivity contribution in [2.75, 3.05) is 6.61 Å². The number of ether oxygens (including phenoxy) is 1. The quantitative estimate of drug-likeness (QED) is 0.879. The molecule has 1 N–H and O–H groups in total. The Morgan fingerprint density at radius 3 is 2.75 bits per heavy atom. The van der Waals surface area contributed by atoms with Crippen LogP contribution in [0.15, 0.2) is 43.0 Å². The van der Waals surface area contributed by atoms with Gasteiger partial charge in [-0.05, 0) is 26.8 Å². The van der Waals surface area contributed by atoms with E-state index in [1.54, 1.807) is 12.5 Å². The predicted molar refractivity (Wildman–Crippen MR) is 80.8 cm³/mol. The van der Waals surface area contributed by atoms with Gasteiger partial charge >= 0.3 is 0 Å². The van der Waals surface area contributed by atoms with Crippen LogP contribution in [0.4, 0.5) is 0 Å². The number of imidazole rings is 1. The lowest BCUT2D eigenvalue weighted by Crippen LogP contribution is -2.35. The van der Waals surface area contributed by atoms with Crippen LogP contribution in [0.25, 0.3) is 0 Å². The largest absolute Gasteiger partial charge is 0.491 e. The van der Waals surface area contributed by atoms with Crippen molar-refractivity contribution in [1.29, 1.82) is 0 Å². The molecule has 0 aliphatic rings. The summed E-state index contributed by atoms with van der Waals surface area (Å²) in [7, 11) is 0. The summed E-state index contributed by atoms with van der Waals surface area (Å²) in [6, 6.07) is 8.18. The maximum atomic E-state index is 5.89. The van der Waals surface area contributed by atoms with Crippen LogP contribution in [0.3, 0.4) is 0 Å². The molecule has 0 saturated heterocycles. The Balaban J connectivity index is 1.90. The number of para-hydroxylation sites is 1. The predicted octanol–water partition coefficient (Wildman–Crippen LogP) is 2.85. The number of hydrogen-bond acceptors (Lipinski definition) is 3. The van der Waals surface area contributed by atoms with Gasteiger partial charge in [0.15, 0.2) is 0 Å². The first-order valence-electron chi connectivity index (χ1n) is 6.96. The van der Waals surface area contributed by atoms with E-state index in [2.05, 4.69) is 37.1 Å². The molecule has 20 heavy (non-hydrogen) atoms. The van der Waals surface area contributed by atoms with Crippen LogP contribution in [0.1, 0.15) is 26.3 Å². The standard InChI is InChI=1S/C16H23N3O/c1-16(2,3)18-12-14-6-4-5-7-15(14)20-11-10-19-9-8-17-13-19/h4-9,13,18H,10-12H2,1-3H3. The summed E-state index contributed by atoms with van der Waals surface area (Å²) in [6.45, 7) is 8.75. The van der Waals surface area contributed by atoms with E-state index in [1.807, 2.05) is 29.0 Å². The molecular weight excluding hydrogens is 250 g/mol. The Labute approximate surface area is 120 Å². The molecule has 108 valence electrons. The van der Waals surface area contributed by atoms with Gasteiger partial charge in [-0.15, -0.1) is 0 Å². The van der Waals surface area contributed by atoms with Gasteiger partial charge in [-0.3, -0.25) is 0 Å². The molecule has 4 nitrogen and oxygen atoms in total. The van der Waals surface area contributed by atoms with Crippen LogP contribution in [0, 0.1) is 0 Å². The van der Waals surface area contributed by atoms with E-state index < -0.39 is 0 Å². The first-order valence-corrected chi connectivity index (χ1v) is 6.96. The highest BCUT2D eigenvalue weighted by atomic mass is 16.5. The second-order valence-electron chi connectivity index (χ2n) is 5.86. The number of nitrogens with one attached hydrogen (secondary N) is 1. The fourth-order valence-corrected chi connectivity index (χ4v) is 1.83. The van der Waals surface area contributed by atoms with Crippen molar-refractivity contribution in [2.24, 2.45) is 0 Å². The highest BCUT2D eigenvalue weighted by molar-refractivity contribution is 5.33. The Morgan fingerprint density at radius 1 is 1.25 bits per heavy atom. The van der Waals surface area contributed by atoms with E-state index in [4.69, 9.17) is 4.74 Å². The van der Waals surface area contributed by atoms with Crippen molar-refractivity contribution in [3.05, 3.63) is 48.5 Å². The second kappa shape index (κ2) is 6.57. The van der Waals surface area contributed by atoms with Crippen molar-refractivity contribution < 1.29 is 4.74 Å². The maximum absolute atomic E-state index is 5.89. The monoisotopic (exact) mass is 273 g/mol. The molecule has 0 aliphatic heterocycles. The Kier molecular flexibility index (Phi) is 4.79. The molecule has 0 radical (unpaired) electrons. The zero-order valence-corrected chi connectivity index (χ0v) is 12.5. The summed E-state index contributed by atoms with van der Waals surface area (Å²) in [6.07, 6.45) is 5.52. The zero-order chi connectivity index (χ0) is 14.4. The highest BCUT2D eigenvalue weighted by Crippen LogP contribution is 2.18. The number of aromatic nitrogens is 2. The molecule has 2 rings (SSSR count). The minimum Gasteiger partial charge on any atom is -0.491 e. The summed E-state index contributed by atoms with van der Waals surface area (Å²) in [5.41, 5.74) is 1.29. The summed E-state index contributed by atoms with van der Waals surface area (Å²) in [5, 5.41) is 3.49. The van der Waals surface area contributed by atoms with Crippen molar-refractivity contribution in [1.82, 2.24) is 14.9 Å². The van der Waals surface area contributed by atoms with Crippen molar-refractivity contribution >= 4 is 0 Å². The summed E-state index contributed by atoms with van der Waals surface area (Å²) >= 11 is 0. The third-order valence-electron chi connectivity index (χ3n) is 2.95. The molecule has 0 saturated carbocycles. The summed E-state index contributed by atoms with van der Waals surface area (Å²) in [4.78, 5) is 4.02. The normalized spacial score (nSPS) is 11.6. The van der Waals surface area contributed by atoms with E-state index in [-0.39, 0.29) is 5.54 Å². The third kappa shape index (κ3) is 4.70. The summed E-state index contributed by atoms with van der Waals surface area (Å²) in [5.74, 6) is 0.948. The molecule has 0 bridgehead atoms. The highest BCUT2D eigenvalue weighted by Gasteiger charge is 2.10. The molecule has 0 amide bonds. The van der Waals surface area contributed by atoms with Crippen LogP contribution in [0.2, 0.25) is 0 Å². The van der Waals surface area contributed by atoms with Crippen LogP contribution < -0.4 is 10.1 Å². The van der Waals surface area contributed by atoms with Crippen molar-refractivity contribution in [3.63, 3.8) is 0 Å². The van der Waals surface area contributed by atoms with Gasteiger partial charge in [0.1, 0.15) is 12.4 Å². The van der Waals surface area contributed by atoms with E-state index in [1.165, 1.54) is 5.56 Å². The van der Waals surface area contributed by atoms with E-state index >= 15 is 0 Å². The van der Waals surface area contributed by atoms with E-state index in [0.29, 0.717) is 6.61 Å². The van der Waals surface area contributed by atoms with Gasteiger partial charge in [-0.2, -0.15) is 0 Å². The average molecular weight is 273 g/mol. The molecule has 0 fully saturated rings. The van der Waals surface area contributed by atoms with Gasteiger partial charge in [-0.25, -0.2) is 4.98 Å². The van der Waals surface area contributed by atoms with Gasteiger partial charge in [0.05, 0.1) is 12.9 Å². The van der Waals surface area contributed by atoms with Gasteiger partial charge in [0.2, 0.25) is 0 Å². The molecule has 1 aromatic carbocycles. The maximum Gasteiger partial charge on any atom is 0.123 e. The molecule has 0 spiro atoms. The Morgan fingerprint density at radius 2 is 2.05 bits per heavy atom. The minimum absolute atomic E-state index is 0.101. The Hall–Kier alpha value is -1.81. The lowest BCUT2D eigenvalue weighted by molar-refractivity contribution is 0.293. The molecule has 1 heterocycles. The number of benzene rings is 1. The van der Waals surface area contributed by atoms with Gasteiger partial charge in [0.25, 0.3) is 0 Å². The van der Waals surface area contributed by atoms with Crippen molar-refractivity contribution in [2.45, 2.75) is 39.4 Å². The second-order valence-corrected chi connectivity index (χ2v) is 5.86.